The Morgan fingerprint density at radius 1 is 1.07 bits per heavy atom. The molecule has 1 amide bonds. The van der Waals surface area contributed by atoms with E-state index in [1.54, 1.807) is 25.8 Å². The molecule has 1 fully saturated rings. The van der Waals surface area contributed by atoms with E-state index < -0.39 is 23.5 Å². The van der Waals surface area contributed by atoms with Crippen LogP contribution in [-0.2, 0) is 16.1 Å². The summed E-state index contributed by atoms with van der Waals surface area (Å²) in [5.41, 5.74) is 0.546. The zero-order valence-electron chi connectivity index (χ0n) is 16.9. The maximum absolute atomic E-state index is 14.3. The molecule has 0 bridgehead atoms. The third-order valence-electron chi connectivity index (χ3n) is 4.32. The summed E-state index contributed by atoms with van der Waals surface area (Å²) in [6.07, 6.45) is 0.261. The van der Waals surface area contributed by atoms with E-state index in [0.29, 0.717) is 18.8 Å². The summed E-state index contributed by atoms with van der Waals surface area (Å²) in [5, 5.41) is 3.17. The van der Waals surface area contributed by atoms with Crippen molar-refractivity contribution in [3.05, 3.63) is 65.5 Å². The number of hydrazine groups is 1. The van der Waals surface area contributed by atoms with Crippen LogP contribution in [0.4, 0.5) is 14.9 Å². The van der Waals surface area contributed by atoms with Gasteiger partial charge in [0, 0.05) is 13.1 Å². The summed E-state index contributed by atoms with van der Waals surface area (Å²) < 4.78 is 25.0. The van der Waals surface area contributed by atoms with Gasteiger partial charge in [0.2, 0.25) is 0 Å². The average molecular weight is 400 g/mol. The Hall–Kier alpha value is -3.09. The molecule has 2 aromatic rings. The van der Waals surface area contributed by atoms with Gasteiger partial charge in [0.15, 0.2) is 0 Å². The van der Waals surface area contributed by atoms with Crippen LogP contribution in [-0.4, -0.2) is 35.8 Å². The first kappa shape index (κ1) is 20.6. The van der Waals surface area contributed by atoms with E-state index in [9.17, 15) is 14.0 Å². The van der Waals surface area contributed by atoms with Gasteiger partial charge in [-0.25, -0.2) is 19.0 Å². The maximum Gasteiger partial charge on any atom is 0.429 e. The van der Waals surface area contributed by atoms with Gasteiger partial charge < -0.3 is 9.47 Å². The summed E-state index contributed by atoms with van der Waals surface area (Å²) in [7, 11) is 0. The highest BCUT2D eigenvalue weighted by atomic mass is 19.1. The van der Waals surface area contributed by atoms with Gasteiger partial charge in [0.25, 0.3) is 0 Å². The van der Waals surface area contributed by atoms with E-state index in [2.05, 4.69) is 0 Å². The van der Waals surface area contributed by atoms with E-state index in [-0.39, 0.29) is 12.2 Å². The maximum atomic E-state index is 14.3. The van der Waals surface area contributed by atoms with Crippen LogP contribution < -0.4 is 5.01 Å². The van der Waals surface area contributed by atoms with E-state index >= 15 is 0 Å². The summed E-state index contributed by atoms with van der Waals surface area (Å²) in [6.45, 7) is 6.48. The molecule has 0 unspecified atom stereocenters. The SMILES string of the molecule is CC(C)(C)OC(=O)N1CCCN1c1ccc(F)c(C(=O)OCc2ccccc2)c1. The van der Waals surface area contributed by atoms with Crippen molar-refractivity contribution < 1.29 is 23.5 Å². The Kier molecular flexibility index (Phi) is 6.06. The van der Waals surface area contributed by atoms with Crippen LogP contribution in [0.15, 0.2) is 48.5 Å². The van der Waals surface area contributed by atoms with E-state index in [1.165, 1.54) is 23.2 Å². The lowest BCUT2D eigenvalue weighted by molar-refractivity contribution is 0.0274. The number of hydrogen-bond donors (Lipinski definition) is 0. The molecule has 1 aliphatic rings. The molecule has 0 aliphatic carbocycles. The monoisotopic (exact) mass is 400 g/mol. The van der Waals surface area contributed by atoms with Gasteiger partial charge in [-0.3, -0.25) is 5.01 Å². The number of hydrogen-bond acceptors (Lipinski definition) is 5. The molecule has 29 heavy (non-hydrogen) atoms. The summed E-state index contributed by atoms with van der Waals surface area (Å²) in [4.78, 5) is 24.9. The van der Waals surface area contributed by atoms with Crippen molar-refractivity contribution in [3.8, 4) is 0 Å². The van der Waals surface area contributed by atoms with Gasteiger partial charge in [-0.15, -0.1) is 0 Å². The van der Waals surface area contributed by atoms with Gasteiger partial charge >= 0.3 is 12.1 Å². The van der Waals surface area contributed by atoms with Crippen molar-refractivity contribution in [3.63, 3.8) is 0 Å². The van der Waals surface area contributed by atoms with Crippen LogP contribution in [0.25, 0.3) is 0 Å². The fraction of sp³-hybridized carbons (Fsp3) is 0.364. The van der Waals surface area contributed by atoms with Crippen LogP contribution in [0, 0.1) is 5.82 Å². The number of nitrogens with zero attached hydrogens (tertiary/aromatic N) is 2. The quantitative estimate of drug-likeness (QED) is 0.705. The Morgan fingerprint density at radius 3 is 2.48 bits per heavy atom. The number of amides is 1. The standard InChI is InChI=1S/C22H25FN2O4/c1-22(2,3)29-21(27)25-13-7-12-24(25)17-10-11-19(23)18(14-17)20(26)28-15-16-8-5-4-6-9-16/h4-6,8-11,14H,7,12-13,15H2,1-3H3. The molecule has 1 saturated heterocycles. The van der Waals surface area contributed by atoms with Crippen LogP contribution in [0.3, 0.4) is 0 Å². The number of halogens is 1. The molecule has 6 nitrogen and oxygen atoms in total. The molecule has 0 spiro atoms. The zero-order valence-corrected chi connectivity index (χ0v) is 16.9. The predicted octanol–water partition coefficient (Wildman–Crippen LogP) is 4.54. The Bertz CT molecular complexity index is 880. The highest BCUT2D eigenvalue weighted by Crippen LogP contribution is 2.26. The molecule has 3 rings (SSSR count). The Balaban J connectivity index is 1.75. The first-order chi connectivity index (χ1) is 13.7. The fourth-order valence-electron chi connectivity index (χ4n) is 3.02. The van der Waals surface area contributed by atoms with E-state index in [4.69, 9.17) is 9.47 Å². The van der Waals surface area contributed by atoms with Crippen LogP contribution >= 0.6 is 0 Å². The van der Waals surface area contributed by atoms with Crippen LogP contribution in [0.5, 0.6) is 0 Å². The fourth-order valence-corrected chi connectivity index (χ4v) is 3.02. The van der Waals surface area contributed by atoms with Gasteiger partial charge in [0.1, 0.15) is 18.0 Å². The third kappa shape index (κ3) is 5.25. The molecule has 7 heteroatoms. The van der Waals surface area contributed by atoms with Crippen molar-refractivity contribution in [2.24, 2.45) is 0 Å². The number of carbonyl (C=O) groups is 2. The minimum atomic E-state index is -0.754. The lowest BCUT2D eigenvalue weighted by Gasteiger charge is -2.32. The lowest BCUT2D eigenvalue weighted by atomic mass is 10.2. The predicted molar refractivity (Wildman–Crippen MR) is 107 cm³/mol. The number of carbonyl (C=O) groups excluding carboxylic acids is 2. The summed E-state index contributed by atoms with van der Waals surface area (Å²) in [5.74, 6) is -1.42. The third-order valence-corrected chi connectivity index (χ3v) is 4.32. The number of anilines is 1. The molecule has 1 aliphatic heterocycles. The average Bonchev–Trinajstić information content (AvgIpc) is 3.16. The van der Waals surface area contributed by atoms with Gasteiger partial charge in [0.05, 0.1) is 11.3 Å². The summed E-state index contributed by atoms with van der Waals surface area (Å²) >= 11 is 0. The molecule has 0 saturated carbocycles. The van der Waals surface area contributed by atoms with Crippen molar-refractivity contribution in [1.82, 2.24) is 5.01 Å². The minimum absolute atomic E-state index is 0.0527. The number of rotatable bonds is 4. The molecular weight excluding hydrogens is 375 g/mol. The molecule has 0 N–H and O–H groups in total. The lowest BCUT2D eigenvalue weighted by Crippen LogP contribution is -2.44. The second kappa shape index (κ2) is 8.51. The molecule has 154 valence electrons. The largest absolute Gasteiger partial charge is 0.457 e. The van der Waals surface area contributed by atoms with Crippen LogP contribution in [0.2, 0.25) is 0 Å². The topological polar surface area (TPSA) is 59.1 Å². The second-order valence-corrected chi connectivity index (χ2v) is 7.81. The van der Waals surface area contributed by atoms with E-state index in [0.717, 1.165) is 12.0 Å². The molecule has 0 radical (unpaired) electrons. The highest BCUT2D eigenvalue weighted by Gasteiger charge is 2.31. The Labute approximate surface area is 169 Å². The molecule has 1 heterocycles. The molecule has 2 aromatic carbocycles. The second-order valence-electron chi connectivity index (χ2n) is 7.81. The van der Waals surface area contributed by atoms with Crippen molar-refractivity contribution in [2.75, 3.05) is 18.1 Å². The van der Waals surface area contributed by atoms with Gasteiger partial charge in [-0.1, -0.05) is 30.3 Å². The summed E-state index contributed by atoms with van der Waals surface area (Å²) in [6, 6.07) is 13.3. The minimum Gasteiger partial charge on any atom is -0.457 e. The van der Waals surface area contributed by atoms with Crippen LogP contribution in [0.1, 0.15) is 43.1 Å². The van der Waals surface area contributed by atoms with Crippen molar-refractivity contribution in [2.45, 2.75) is 39.4 Å². The normalized spacial score (nSPS) is 14.1. The number of esters is 1. The number of ether oxygens (including phenoxy) is 2. The first-order valence-corrected chi connectivity index (χ1v) is 9.53. The highest BCUT2D eigenvalue weighted by molar-refractivity contribution is 5.91. The van der Waals surface area contributed by atoms with E-state index in [1.807, 2.05) is 30.3 Å². The smallest absolute Gasteiger partial charge is 0.429 e. The Morgan fingerprint density at radius 2 is 1.79 bits per heavy atom. The molecular formula is C22H25FN2O4. The van der Waals surface area contributed by atoms with Gasteiger partial charge in [-0.2, -0.15) is 0 Å². The first-order valence-electron chi connectivity index (χ1n) is 9.53. The number of benzene rings is 2. The van der Waals surface area contributed by atoms with Crippen molar-refractivity contribution >= 4 is 17.7 Å². The molecule has 0 aromatic heterocycles. The zero-order chi connectivity index (χ0) is 21.0. The van der Waals surface area contributed by atoms with Gasteiger partial charge in [-0.05, 0) is 51.0 Å². The van der Waals surface area contributed by atoms with Crippen molar-refractivity contribution in [1.29, 1.82) is 0 Å². The molecule has 0 atom stereocenters.